The highest BCUT2D eigenvalue weighted by atomic mass is 16.1. The standard InChI is InChI=1S/C13H19N5O/c1-5-11-13(9(3)19)12(6-2)18(15-11)8-10-7-17(4)16-14-10/h7H,5-6,8H2,1-4H3. The number of hydrogen-bond acceptors (Lipinski definition) is 4. The lowest BCUT2D eigenvalue weighted by molar-refractivity contribution is 0.101. The first-order valence-electron chi connectivity index (χ1n) is 6.51. The molecule has 0 saturated heterocycles. The number of Topliss-reactive ketones (excluding diaryl/α,β-unsaturated/α-hetero) is 1. The second kappa shape index (κ2) is 5.34. The molecule has 2 aromatic rings. The predicted molar refractivity (Wildman–Crippen MR) is 71.1 cm³/mol. The van der Waals surface area contributed by atoms with Crippen LogP contribution in [-0.4, -0.2) is 30.6 Å². The van der Waals surface area contributed by atoms with E-state index < -0.39 is 0 Å². The fourth-order valence-corrected chi connectivity index (χ4v) is 2.32. The highest BCUT2D eigenvalue weighted by Gasteiger charge is 2.19. The van der Waals surface area contributed by atoms with Gasteiger partial charge in [0.1, 0.15) is 5.69 Å². The molecule has 2 heterocycles. The van der Waals surface area contributed by atoms with E-state index in [1.165, 1.54) is 0 Å². The van der Waals surface area contributed by atoms with Crippen molar-refractivity contribution in [3.63, 3.8) is 0 Å². The minimum absolute atomic E-state index is 0.0825. The second-order valence-corrected chi connectivity index (χ2v) is 4.57. The summed E-state index contributed by atoms with van der Waals surface area (Å²) < 4.78 is 3.54. The second-order valence-electron chi connectivity index (χ2n) is 4.57. The van der Waals surface area contributed by atoms with E-state index in [1.807, 2.05) is 31.8 Å². The molecule has 0 spiro atoms. The van der Waals surface area contributed by atoms with Crippen LogP contribution >= 0.6 is 0 Å². The smallest absolute Gasteiger partial charge is 0.163 e. The van der Waals surface area contributed by atoms with Crippen molar-refractivity contribution in [2.24, 2.45) is 7.05 Å². The van der Waals surface area contributed by atoms with Gasteiger partial charge in [0.05, 0.1) is 17.8 Å². The zero-order chi connectivity index (χ0) is 14.0. The maximum absolute atomic E-state index is 11.8. The molecule has 6 nitrogen and oxygen atoms in total. The Hall–Kier alpha value is -1.98. The van der Waals surface area contributed by atoms with Crippen LogP contribution in [-0.2, 0) is 26.4 Å². The van der Waals surface area contributed by atoms with E-state index in [0.29, 0.717) is 6.54 Å². The molecular weight excluding hydrogens is 242 g/mol. The van der Waals surface area contributed by atoms with Crippen molar-refractivity contribution in [2.75, 3.05) is 0 Å². The number of aryl methyl sites for hydroxylation is 2. The average Bonchev–Trinajstić information content (AvgIpc) is 2.93. The van der Waals surface area contributed by atoms with E-state index in [4.69, 9.17) is 0 Å². The summed E-state index contributed by atoms with van der Waals surface area (Å²) in [5, 5.41) is 12.5. The van der Waals surface area contributed by atoms with Crippen molar-refractivity contribution in [1.82, 2.24) is 24.8 Å². The molecule has 0 atom stereocenters. The first-order valence-corrected chi connectivity index (χ1v) is 6.51. The molecule has 0 fully saturated rings. The lowest BCUT2D eigenvalue weighted by Gasteiger charge is -2.04. The molecule has 6 heteroatoms. The lowest BCUT2D eigenvalue weighted by atomic mass is 10.1. The van der Waals surface area contributed by atoms with Gasteiger partial charge in [-0.3, -0.25) is 14.2 Å². The van der Waals surface area contributed by atoms with Crippen LogP contribution in [0.1, 0.15) is 48.2 Å². The number of aromatic nitrogens is 5. The molecule has 0 unspecified atom stereocenters. The molecule has 0 saturated carbocycles. The number of nitrogens with zero attached hydrogens (tertiary/aromatic N) is 5. The van der Waals surface area contributed by atoms with Crippen LogP contribution in [0.2, 0.25) is 0 Å². The Morgan fingerprint density at radius 1 is 1.32 bits per heavy atom. The van der Waals surface area contributed by atoms with Gasteiger partial charge in [0, 0.05) is 18.9 Å². The number of rotatable bonds is 5. The third kappa shape index (κ3) is 2.57. The topological polar surface area (TPSA) is 65.6 Å². The Morgan fingerprint density at radius 2 is 2.05 bits per heavy atom. The summed E-state index contributed by atoms with van der Waals surface area (Å²) in [6, 6.07) is 0. The van der Waals surface area contributed by atoms with Gasteiger partial charge < -0.3 is 0 Å². The minimum atomic E-state index is 0.0825. The third-order valence-electron chi connectivity index (χ3n) is 3.11. The Kier molecular flexibility index (Phi) is 3.78. The zero-order valence-corrected chi connectivity index (χ0v) is 11.8. The lowest BCUT2D eigenvalue weighted by Crippen LogP contribution is -2.08. The molecule has 2 rings (SSSR count). The van der Waals surface area contributed by atoms with Crippen molar-refractivity contribution >= 4 is 5.78 Å². The maximum Gasteiger partial charge on any atom is 0.163 e. The first kappa shape index (κ1) is 13.5. The van der Waals surface area contributed by atoms with E-state index in [-0.39, 0.29) is 5.78 Å². The van der Waals surface area contributed by atoms with Gasteiger partial charge in [-0.05, 0) is 19.8 Å². The Bertz CT molecular complexity index is 596. The quantitative estimate of drug-likeness (QED) is 0.763. The highest BCUT2D eigenvalue weighted by molar-refractivity contribution is 5.96. The van der Waals surface area contributed by atoms with Crippen LogP contribution in [0.3, 0.4) is 0 Å². The highest BCUT2D eigenvalue weighted by Crippen LogP contribution is 2.17. The molecule has 0 aromatic carbocycles. The molecule has 0 amide bonds. The molecule has 0 N–H and O–H groups in total. The molecule has 2 aromatic heterocycles. The van der Waals surface area contributed by atoms with Crippen molar-refractivity contribution in [3.8, 4) is 0 Å². The van der Waals surface area contributed by atoms with E-state index in [2.05, 4.69) is 15.4 Å². The van der Waals surface area contributed by atoms with Gasteiger partial charge in [-0.2, -0.15) is 5.10 Å². The van der Waals surface area contributed by atoms with Gasteiger partial charge in [0.15, 0.2) is 5.78 Å². The van der Waals surface area contributed by atoms with Gasteiger partial charge >= 0.3 is 0 Å². The summed E-state index contributed by atoms with van der Waals surface area (Å²) in [7, 11) is 1.83. The molecule has 0 radical (unpaired) electrons. The molecule has 19 heavy (non-hydrogen) atoms. The summed E-state index contributed by atoms with van der Waals surface area (Å²) in [4.78, 5) is 11.8. The predicted octanol–water partition coefficient (Wildman–Crippen LogP) is 1.39. The maximum atomic E-state index is 11.8. The van der Waals surface area contributed by atoms with Crippen molar-refractivity contribution < 1.29 is 4.79 Å². The molecule has 102 valence electrons. The van der Waals surface area contributed by atoms with Gasteiger partial charge in [-0.1, -0.05) is 19.1 Å². The van der Waals surface area contributed by atoms with E-state index in [1.54, 1.807) is 11.6 Å². The monoisotopic (exact) mass is 261 g/mol. The number of carbonyl (C=O) groups is 1. The number of carbonyl (C=O) groups excluding carboxylic acids is 1. The third-order valence-corrected chi connectivity index (χ3v) is 3.11. The van der Waals surface area contributed by atoms with Gasteiger partial charge in [-0.25, -0.2) is 0 Å². The molecular formula is C13H19N5O. The Balaban J connectivity index is 2.42. The van der Waals surface area contributed by atoms with E-state index in [9.17, 15) is 4.79 Å². The normalized spacial score (nSPS) is 10.9. The van der Waals surface area contributed by atoms with E-state index >= 15 is 0 Å². The summed E-state index contributed by atoms with van der Waals surface area (Å²) in [6.45, 7) is 6.20. The first-order chi connectivity index (χ1) is 9.06. The Labute approximate surface area is 112 Å². The fourth-order valence-electron chi connectivity index (χ4n) is 2.32. The largest absolute Gasteiger partial charge is 0.294 e. The average molecular weight is 261 g/mol. The van der Waals surface area contributed by atoms with Gasteiger partial charge in [0.2, 0.25) is 0 Å². The molecule has 0 aliphatic heterocycles. The Morgan fingerprint density at radius 3 is 2.53 bits per heavy atom. The van der Waals surface area contributed by atoms with Crippen LogP contribution < -0.4 is 0 Å². The summed E-state index contributed by atoms with van der Waals surface area (Å²) in [5.41, 5.74) is 3.47. The summed E-state index contributed by atoms with van der Waals surface area (Å²) in [5.74, 6) is 0.0825. The molecule has 0 aliphatic carbocycles. The summed E-state index contributed by atoms with van der Waals surface area (Å²) in [6.07, 6.45) is 3.40. The van der Waals surface area contributed by atoms with Crippen molar-refractivity contribution in [3.05, 3.63) is 28.8 Å². The van der Waals surface area contributed by atoms with Gasteiger partial charge in [0.25, 0.3) is 0 Å². The van der Waals surface area contributed by atoms with Crippen LogP contribution in [0.5, 0.6) is 0 Å². The number of ketones is 1. The van der Waals surface area contributed by atoms with Crippen molar-refractivity contribution in [1.29, 1.82) is 0 Å². The minimum Gasteiger partial charge on any atom is -0.294 e. The van der Waals surface area contributed by atoms with Crippen LogP contribution in [0.4, 0.5) is 0 Å². The van der Waals surface area contributed by atoms with Crippen LogP contribution in [0.25, 0.3) is 0 Å². The fraction of sp³-hybridized carbons (Fsp3) is 0.538. The van der Waals surface area contributed by atoms with E-state index in [0.717, 1.165) is 35.5 Å². The van der Waals surface area contributed by atoms with Crippen molar-refractivity contribution in [2.45, 2.75) is 40.2 Å². The van der Waals surface area contributed by atoms with Crippen LogP contribution in [0.15, 0.2) is 6.20 Å². The van der Waals surface area contributed by atoms with Gasteiger partial charge in [-0.15, -0.1) is 5.10 Å². The zero-order valence-electron chi connectivity index (χ0n) is 11.8. The number of hydrogen-bond donors (Lipinski definition) is 0. The SMILES string of the molecule is CCc1nn(Cc2cn(C)nn2)c(CC)c1C(C)=O. The van der Waals surface area contributed by atoms with Crippen LogP contribution in [0, 0.1) is 0 Å². The molecule has 0 bridgehead atoms. The molecule has 0 aliphatic rings. The summed E-state index contributed by atoms with van der Waals surface area (Å²) >= 11 is 0.